The Hall–Kier alpha value is -4.02. The van der Waals surface area contributed by atoms with Crippen LogP contribution in [-0.2, 0) is 22.6 Å². The lowest BCUT2D eigenvalue weighted by molar-refractivity contribution is -0.122. The van der Waals surface area contributed by atoms with Crippen LogP contribution in [0.15, 0.2) is 65.6 Å². The summed E-state index contributed by atoms with van der Waals surface area (Å²) < 4.78 is 22.9. The smallest absolute Gasteiger partial charge is 0.266 e. The number of anilines is 1. The number of para-hydroxylation sites is 1. The van der Waals surface area contributed by atoms with Crippen molar-refractivity contribution in [1.29, 1.82) is 0 Å². The third kappa shape index (κ3) is 6.24. The molecule has 2 aliphatic heterocycles. The molecule has 1 fully saturated rings. The van der Waals surface area contributed by atoms with E-state index in [0.717, 1.165) is 28.8 Å². The Kier molecular flexibility index (Phi) is 8.57. The van der Waals surface area contributed by atoms with Crippen LogP contribution in [0.4, 0.5) is 5.69 Å². The molecule has 5 rings (SSSR count). The fourth-order valence-electron chi connectivity index (χ4n) is 4.29. The van der Waals surface area contributed by atoms with E-state index in [9.17, 15) is 9.59 Å². The lowest BCUT2D eigenvalue weighted by Crippen LogP contribution is -2.27. The number of hydrogen-bond acceptors (Lipinski definition) is 8. The largest absolute Gasteiger partial charge is 0.490 e. The number of rotatable bonds is 10. The SMILES string of the molecule is CCOc1cc(/C=C2\SC(=S)N(Cc3ccc4c(c3)OCO4)C2=O)ccc1OCC(=O)Nc1ccccc1CC. The number of nitrogens with zero attached hydrogens (tertiary/aromatic N) is 1. The van der Waals surface area contributed by atoms with E-state index < -0.39 is 0 Å². The normalized spacial score (nSPS) is 15.1. The van der Waals surface area contributed by atoms with E-state index in [1.807, 2.05) is 62.4 Å². The minimum absolute atomic E-state index is 0.171. The highest BCUT2D eigenvalue weighted by molar-refractivity contribution is 8.26. The molecule has 0 saturated carbocycles. The van der Waals surface area contributed by atoms with Crippen LogP contribution in [0.5, 0.6) is 23.0 Å². The number of aryl methyl sites for hydroxylation is 1. The molecule has 0 unspecified atom stereocenters. The second kappa shape index (κ2) is 12.4. The highest BCUT2D eigenvalue weighted by Gasteiger charge is 2.32. The number of thioether (sulfide) groups is 1. The Balaban J connectivity index is 1.26. The maximum absolute atomic E-state index is 13.2. The van der Waals surface area contributed by atoms with E-state index in [1.165, 1.54) is 11.8 Å². The maximum atomic E-state index is 13.2. The fourth-order valence-corrected chi connectivity index (χ4v) is 5.55. The summed E-state index contributed by atoms with van der Waals surface area (Å²) in [6, 6.07) is 18.6. The van der Waals surface area contributed by atoms with E-state index in [2.05, 4.69) is 5.32 Å². The number of thiocarbonyl (C=S) groups is 1. The molecule has 2 heterocycles. The van der Waals surface area contributed by atoms with E-state index in [4.69, 9.17) is 31.2 Å². The van der Waals surface area contributed by atoms with Crippen LogP contribution in [0.25, 0.3) is 6.08 Å². The van der Waals surface area contributed by atoms with Crippen LogP contribution < -0.4 is 24.3 Å². The van der Waals surface area contributed by atoms with Gasteiger partial charge in [0.25, 0.3) is 11.8 Å². The molecule has 10 heteroatoms. The molecule has 0 radical (unpaired) electrons. The topological polar surface area (TPSA) is 86.3 Å². The first-order chi connectivity index (χ1) is 19.4. The van der Waals surface area contributed by atoms with Gasteiger partial charge in [-0.25, -0.2) is 0 Å². The molecule has 40 heavy (non-hydrogen) atoms. The summed E-state index contributed by atoms with van der Waals surface area (Å²) in [7, 11) is 0. The number of ether oxygens (including phenoxy) is 4. The van der Waals surface area contributed by atoms with Crippen LogP contribution in [-0.4, -0.2) is 41.0 Å². The van der Waals surface area contributed by atoms with Gasteiger partial charge in [-0.05, 0) is 66.4 Å². The van der Waals surface area contributed by atoms with Crippen molar-refractivity contribution in [2.75, 3.05) is 25.3 Å². The summed E-state index contributed by atoms with van der Waals surface area (Å²) in [4.78, 5) is 27.8. The fraction of sp³-hybridized carbons (Fsp3) is 0.233. The molecule has 2 amide bonds. The van der Waals surface area contributed by atoms with E-state index in [-0.39, 0.29) is 25.2 Å². The molecule has 1 saturated heterocycles. The van der Waals surface area contributed by atoms with Gasteiger partial charge in [0, 0.05) is 5.69 Å². The lowest BCUT2D eigenvalue weighted by atomic mass is 10.1. The van der Waals surface area contributed by atoms with E-state index in [0.29, 0.717) is 45.4 Å². The van der Waals surface area contributed by atoms with Crippen LogP contribution in [0.2, 0.25) is 0 Å². The number of benzene rings is 3. The Labute approximate surface area is 242 Å². The maximum Gasteiger partial charge on any atom is 0.266 e. The number of carbonyl (C=O) groups excluding carboxylic acids is 2. The minimum atomic E-state index is -0.265. The summed E-state index contributed by atoms with van der Waals surface area (Å²) in [5.74, 6) is 1.83. The highest BCUT2D eigenvalue weighted by atomic mass is 32.2. The molecule has 1 N–H and O–H groups in total. The van der Waals surface area contributed by atoms with Crippen molar-refractivity contribution in [3.05, 3.63) is 82.3 Å². The zero-order chi connectivity index (χ0) is 28.1. The molecule has 0 aliphatic carbocycles. The molecule has 206 valence electrons. The molecule has 0 aromatic heterocycles. The molecular formula is C30H28N2O6S2. The van der Waals surface area contributed by atoms with Crippen molar-refractivity contribution in [3.8, 4) is 23.0 Å². The number of amides is 2. The van der Waals surface area contributed by atoms with Crippen LogP contribution in [0.3, 0.4) is 0 Å². The minimum Gasteiger partial charge on any atom is -0.490 e. The Morgan fingerprint density at radius 2 is 1.88 bits per heavy atom. The molecule has 0 spiro atoms. The van der Waals surface area contributed by atoms with Gasteiger partial charge in [-0.3, -0.25) is 14.5 Å². The molecule has 0 bridgehead atoms. The van der Waals surface area contributed by atoms with Gasteiger partial charge in [0.1, 0.15) is 4.32 Å². The Bertz CT molecular complexity index is 1490. The zero-order valence-electron chi connectivity index (χ0n) is 22.1. The van der Waals surface area contributed by atoms with Gasteiger partial charge in [-0.1, -0.05) is 61.2 Å². The van der Waals surface area contributed by atoms with Crippen molar-refractivity contribution in [3.63, 3.8) is 0 Å². The monoisotopic (exact) mass is 576 g/mol. The summed E-state index contributed by atoms with van der Waals surface area (Å²) in [5, 5.41) is 2.90. The van der Waals surface area contributed by atoms with Crippen molar-refractivity contribution in [2.45, 2.75) is 26.8 Å². The van der Waals surface area contributed by atoms with Crippen molar-refractivity contribution in [2.24, 2.45) is 0 Å². The second-order valence-corrected chi connectivity index (χ2v) is 10.6. The average molecular weight is 577 g/mol. The first kappa shape index (κ1) is 27.5. The first-order valence-corrected chi connectivity index (χ1v) is 14.1. The predicted molar refractivity (Wildman–Crippen MR) is 159 cm³/mol. The quantitative estimate of drug-likeness (QED) is 0.240. The van der Waals surface area contributed by atoms with Gasteiger partial charge >= 0.3 is 0 Å². The second-order valence-electron chi connectivity index (χ2n) is 8.94. The zero-order valence-corrected chi connectivity index (χ0v) is 23.7. The number of hydrogen-bond donors (Lipinski definition) is 1. The number of nitrogens with one attached hydrogen (secondary N) is 1. The van der Waals surface area contributed by atoms with Gasteiger partial charge in [0.05, 0.1) is 18.1 Å². The van der Waals surface area contributed by atoms with Crippen molar-refractivity contribution >= 4 is 51.9 Å². The number of fused-ring (bicyclic) bond motifs is 1. The van der Waals surface area contributed by atoms with Gasteiger partial charge in [0.2, 0.25) is 6.79 Å². The van der Waals surface area contributed by atoms with E-state index in [1.54, 1.807) is 23.1 Å². The van der Waals surface area contributed by atoms with Crippen LogP contribution in [0.1, 0.15) is 30.5 Å². The molecule has 3 aromatic carbocycles. The van der Waals surface area contributed by atoms with Crippen LogP contribution in [0, 0.1) is 0 Å². The third-order valence-electron chi connectivity index (χ3n) is 6.25. The molecular weight excluding hydrogens is 548 g/mol. The summed E-state index contributed by atoms with van der Waals surface area (Å²) in [6.07, 6.45) is 2.59. The predicted octanol–water partition coefficient (Wildman–Crippen LogP) is 5.80. The Morgan fingerprint density at radius 3 is 2.70 bits per heavy atom. The van der Waals surface area contributed by atoms with Gasteiger partial charge in [0.15, 0.2) is 29.6 Å². The summed E-state index contributed by atoms with van der Waals surface area (Å²) in [6.45, 7) is 4.67. The molecule has 2 aliphatic rings. The molecule has 3 aromatic rings. The standard InChI is InChI=1S/C30H28N2O6S2/c1-3-21-7-5-6-8-22(21)31-28(33)17-36-23-11-9-19(13-25(23)35-4-2)15-27-29(34)32(30(39)40-27)16-20-10-12-24-26(14-20)38-18-37-24/h5-15H,3-4,16-18H2,1-2H3,(H,31,33)/b27-15-. The van der Waals surface area contributed by atoms with Crippen molar-refractivity contribution in [1.82, 2.24) is 4.90 Å². The number of carbonyl (C=O) groups is 2. The third-order valence-corrected chi connectivity index (χ3v) is 7.63. The molecule has 8 nitrogen and oxygen atoms in total. The van der Waals surface area contributed by atoms with Gasteiger partial charge in [-0.2, -0.15) is 0 Å². The van der Waals surface area contributed by atoms with E-state index >= 15 is 0 Å². The summed E-state index contributed by atoms with van der Waals surface area (Å²) >= 11 is 6.76. The lowest BCUT2D eigenvalue weighted by Gasteiger charge is -2.15. The van der Waals surface area contributed by atoms with Crippen molar-refractivity contribution < 1.29 is 28.5 Å². The highest BCUT2D eigenvalue weighted by Crippen LogP contribution is 2.37. The van der Waals surface area contributed by atoms with Crippen LogP contribution >= 0.6 is 24.0 Å². The average Bonchev–Trinajstić information content (AvgIpc) is 3.52. The molecule has 0 atom stereocenters. The first-order valence-electron chi connectivity index (χ1n) is 12.9. The summed E-state index contributed by atoms with van der Waals surface area (Å²) in [5.41, 5.74) is 3.47. The Morgan fingerprint density at radius 1 is 1.05 bits per heavy atom. The van der Waals surface area contributed by atoms with Gasteiger partial charge < -0.3 is 24.3 Å². The van der Waals surface area contributed by atoms with Gasteiger partial charge in [-0.15, -0.1) is 0 Å².